The number of para-hydroxylation sites is 1. The third kappa shape index (κ3) is 4.84. The number of aromatic nitrogens is 3. The maximum absolute atomic E-state index is 13.9. The van der Waals surface area contributed by atoms with Crippen molar-refractivity contribution < 1.29 is 9.53 Å². The van der Waals surface area contributed by atoms with Crippen molar-refractivity contribution in [3.8, 4) is 17.0 Å². The number of carbonyl (C=O) groups is 1. The SMILES string of the molecule is COc1ccccc1-c1cc(C(=O)N2CCN(Cc3ccccc3)CC2)n2nc(C(C)(C)C)cc2n1. The molecule has 0 N–H and O–H groups in total. The zero-order valence-electron chi connectivity index (χ0n) is 21.4. The van der Waals surface area contributed by atoms with Gasteiger partial charge < -0.3 is 9.64 Å². The normalized spacial score (nSPS) is 14.8. The second-order valence-electron chi connectivity index (χ2n) is 10.3. The minimum Gasteiger partial charge on any atom is -0.496 e. The summed E-state index contributed by atoms with van der Waals surface area (Å²) < 4.78 is 7.29. The molecular weight excluding hydrogens is 450 g/mol. The van der Waals surface area contributed by atoms with Gasteiger partial charge in [0.25, 0.3) is 5.91 Å². The molecule has 7 nitrogen and oxygen atoms in total. The second-order valence-corrected chi connectivity index (χ2v) is 10.3. The summed E-state index contributed by atoms with van der Waals surface area (Å²) >= 11 is 0. The molecule has 0 radical (unpaired) electrons. The highest BCUT2D eigenvalue weighted by Gasteiger charge is 2.27. The van der Waals surface area contributed by atoms with Crippen molar-refractivity contribution in [2.45, 2.75) is 32.7 Å². The predicted molar refractivity (Wildman–Crippen MR) is 141 cm³/mol. The average molecular weight is 484 g/mol. The first-order chi connectivity index (χ1) is 17.3. The Morgan fingerprint density at radius 1 is 0.944 bits per heavy atom. The van der Waals surface area contributed by atoms with Gasteiger partial charge in [-0.2, -0.15) is 5.10 Å². The third-order valence-corrected chi connectivity index (χ3v) is 6.71. The van der Waals surface area contributed by atoms with Gasteiger partial charge in [0, 0.05) is 49.8 Å². The highest BCUT2D eigenvalue weighted by atomic mass is 16.5. The molecule has 7 heteroatoms. The third-order valence-electron chi connectivity index (χ3n) is 6.71. The first-order valence-corrected chi connectivity index (χ1v) is 12.4. The summed E-state index contributed by atoms with van der Waals surface area (Å²) in [6, 6.07) is 22.1. The van der Waals surface area contributed by atoms with Crippen molar-refractivity contribution in [1.82, 2.24) is 24.4 Å². The first kappa shape index (κ1) is 24.0. The van der Waals surface area contributed by atoms with Gasteiger partial charge >= 0.3 is 0 Å². The van der Waals surface area contributed by atoms with Crippen LogP contribution in [0.5, 0.6) is 5.75 Å². The van der Waals surface area contributed by atoms with Crippen LogP contribution in [-0.2, 0) is 12.0 Å². The van der Waals surface area contributed by atoms with E-state index in [-0.39, 0.29) is 11.3 Å². The maximum Gasteiger partial charge on any atom is 0.272 e. The van der Waals surface area contributed by atoms with Crippen LogP contribution < -0.4 is 4.74 Å². The van der Waals surface area contributed by atoms with Gasteiger partial charge in [0.1, 0.15) is 11.4 Å². The van der Waals surface area contributed by atoms with Gasteiger partial charge in [-0.1, -0.05) is 63.2 Å². The van der Waals surface area contributed by atoms with Gasteiger partial charge in [0.05, 0.1) is 18.5 Å². The maximum atomic E-state index is 13.9. The second kappa shape index (κ2) is 9.74. The molecule has 0 spiro atoms. The Bertz CT molecular complexity index is 1370. The molecule has 0 unspecified atom stereocenters. The molecular formula is C29H33N5O2. The Hall–Kier alpha value is -3.71. The number of piperazine rings is 1. The molecule has 0 saturated carbocycles. The van der Waals surface area contributed by atoms with Crippen LogP contribution in [-0.4, -0.2) is 63.6 Å². The Kier molecular flexibility index (Phi) is 6.49. The summed E-state index contributed by atoms with van der Waals surface area (Å²) in [4.78, 5) is 23.1. The fourth-order valence-corrected chi connectivity index (χ4v) is 4.60. The molecule has 1 amide bonds. The Balaban J connectivity index is 1.47. The molecule has 0 aliphatic carbocycles. The molecule has 3 heterocycles. The number of rotatable bonds is 5. The molecule has 2 aromatic heterocycles. The van der Waals surface area contributed by atoms with E-state index in [9.17, 15) is 4.79 Å². The summed E-state index contributed by atoms with van der Waals surface area (Å²) in [5.74, 6) is 0.694. The number of methoxy groups -OCH3 is 1. The van der Waals surface area contributed by atoms with E-state index < -0.39 is 0 Å². The van der Waals surface area contributed by atoms with Gasteiger partial charge in [-0.15, -0.1) is 0 Å². The van der Waals surface area contributed by atoms with Crippen LogP contribution in [0.1, 0.15) is 42.5 Å². The molecule has 5 rings (SSSR count). The molecule has 186 valence electrons. The number of carbonyl (C=O) groups excluding carboxylic acids is 1. The van der Waals surface area contributed by atoms with E-state index in [0.29, 0.717) is 30.1 Å². The zero-order chi connectivity index (χ0) is 25.3. The summed E-state index contributed by atoms with van der Waals surface area (Å²) in [5, 5.41) is 4.81. The Labute approximate surface area is 212 Å². The summed E-state index contributed by atoms with van der Waals surface area (Å²) in [5.41, 5.74) is 4.76. The van der Waals surface area contributed by atoms with Gasteiger partial charge in [-0.05, 0) is 23.8 Å². The summed E-state index contributed by atoms with van der Waals surface area (Å²) in [6.45, 7) is 10.3. The number of nitrogens with zero attached hydrogens (tertiary/aromatic N) is 5. The molecule has 1 saturated heterocycles. The fourth-order valence-electron chi connectivity index (χ4n) is 4.60. The van der Waals surface area contributed by atoms with Crippen molar-refractivity contribution in [2.75, 3.05) is 33.3 Å². The number of hydrogen-bond donors (Lipinski definition) is 0. The van der Waals surface area contributed by atoms with Gasteiger partial charge in [-0.25, -0.2) is 9.50 Å². The van der Waals surface area contributed by atoms with Crippen molar-refractivity contribution in [3.63, 3.8) is 0 Å². The monoisotopic (exact) mass is 483 g/mol. The minimum atomic E-state index is -0.165. The quantitative estimate of drug-likeness (QED) is 0.413. The van der Waals surface area contributed by atoms with E-state index in [1.54, 1.807) is 11.6 Å². The van der Waals surface area contributed by atoms with E-state index >= 15 is 0 Å². The lowest BCUT2D eigenvalue weighted by molar-refractivity contribution is 0.0619. The van der Waals surface area contributed by atoms with Crippen LogP contribution in [0.4, 0.5) is 0 Å². The molecule has 2 aromatic carbocycles. The molecule has 4 aromatic rings. The van der Waals surface area contributed by atoms with Crippen LogP contribution >= 0.6 is 0 Å². The predicted octanol–water partition coefficient (Wildman–Crippen LogP) is 4.66. The van der Waals surface area contributed by atoms with E-state index in [1.807, 2.05) is 47.4 Å². The number of fused-ring (bicyclic) bond motifs is 1. The van der Waals surface area contributed by atoms with Crippen LogP contribution in [0.2, 0.25) is 0 Å². The lowest BCUT2D eigenvalue weighted by atomic mass is 9.93. The lowest BCUT2D eigenvalue weighted by Gasteiger charge is -2.34. The van der Waals surface area contributed by atoms with Crippen molar-refractivity contribution in [2.24, 2.45) is 0 Å². The highest BCUT2D eigenvalue weighted by molar-refractivity contribution is 5.94. The van der Waals surface area contributed by atoms with Gasteiger partial charge in [-0.3, -0.25) is 9.69 Å². The van der Waals surface area contributed by atoms with Crippen LogP contribution in [0.3, 0.4) is 0 Å². The van der Waals surface area contributed by atoms with Crippen LogP contribution in [0, 0.1) is 0 Å². The van der Waals surface area contributed by atoms with Crippen LogP contribution in [0.15, 0.2) is 66.7 Å². The number of ether oxygens (including phenoxy) is 1. The standard InChI is InChI=1S/C29H33N5O2/c1-29(2,3)26-19-27-30-23(22-12-8-9-13-25(22)36-4)18-24(34(27)31-26)28(35)33-16-14-32(15-17-33)20-21-10-6-5-7-11-21/h5-13,18-19H,14-17,20H2,1-4H3. The number of amides is 1. The van der Waals surface area contributed by atoms with E-state index in [2.05, 4.69) is 49.9 Å². The van der Waals surface area contributed by atoms with Crippen LogP contribution in [0.25, 0.3) is 16.9 Å². The van der Waals surface area contributed by atoms with Gasteiger partial charge in [0.2, 0.25) is 0 Å². The smallest absolute Gasteiger partial charge is 0.272 e. The molecule has 0 bridgehead atoms. The zero-order valence-corrected chi connectivity index (χ0v) is 21.4. The number of benzene rings is 2. The molecule has 0 atom stereocenters. The minimum absolute atomic E-state index is 0.0264. The van der Waals surface area contributed by atoms with Crippen molar-refractivity contribution >= 4 is 11.6 Å². The average Bonchev–Trinajstić information content (AvgIpc) is 3.34. The molecule has 1 aliphatic rings. The lowest BCUT2D eigenvalue weighted by Crippen LogP contribution is -2.48. The summed E-state index contributed by atoms with van der Waals surface area (Å²) in [6.07, 6.45) is 0. The Morgan fingerprint density at radius 2 is 1.64 bits per heavy atom. The van der Waals surface area contributed by atoms with Gasteiger partial charge in [0.15, 0.2) is 5.65 Å². The van der Waals surface area contributed by atoms with Crippen molar-refractivity contribution in [3.05, 3.63) is 83.7 Å². The number of hydrogen-bond acceptors (Lipinski definition) is 5. The Morgan fingerprint density at radius 3 is 2.33 bits per heavy atom. The molecule has 1 fully saturated rings. The van der Waals surface area contributed by atoms with E-state index in [4.69, 9.17) is 14.8 Å². The fraction of sp³-hybridized carbons (Fsp3) is 0.345. The topological polar surface area (TPSA) is 63.0 Å². The summed E-state index contributed by atoms with van der Waals surface area (Å²) in [7, 11) is 1.65. The van der Waals surface area contributed by atoms with Crippen molar-refractivity contribution in [1.29, 1.82) is 0 Å². The largest absolute Gasteiger partial charge is 0.496 e. The molecule has 36 heavy (non-hydrogen) atoms. The van der Waals surface area contributed by atoms with E-state index in [1.165, 1.54) is 5.56 Å². The highest BCUT2D eigenvalue weighted by Crippen LogP contribution is 2.31. The first-order valence-electron chi connectivity index (χ1n) is 12.4. The molecule has 1 aliphatic heterocycles. The van der Waals surface area contributed by atoms with E-state index in [0.717, 1.165) is 36.6 Å².